The summed E-state index contributed by atoms with van der Waals surface area (Å²) in [5, 5.41) is 16.7. The van der Waals surface area contributed by atoms with Crippen molar-refractivity contribution in [2.24, 2.45) is 0 Å². The Bertz CT molecular complexity index is 148. The minimum absolute atomic E-state index is 0.779. The molecule has 0 fully saturated rings. The van der Waals surface area contributed by atoms with Crippen LogP contribution in [0.2, 0.25) is 0 Å². The Morgan fingerprint density at radius 1 is 2.29 bits per heavy atom. The summed E-state index contributed by atoms with van der Waals surface area (Å²) in [5.74, 6) is -1.84. The minimum Gasteiger partial charge on any atom is -0.481 e. The van der Waals surface area contributed by atoms with Gasteiger partial charge in [-0.3, -0.25) is 4.79 Å². The second-order valence-electron chi connectivity index (χ2n) is 1.02. The van der Waals surface area contributed by atoms with Crippen LogP contribution in [-0.4, -0.2) is 22.3 Å². The molecule has 0 saturated heterocycles. The van der Waals surface area contributed by atoms with Crippen molar-refractivity contribution in [2.75, 3.05) is 0 Å². The van der Waals surface area contributed by atoms with E-state index in [9.17, 15) is 4.79 Å². The molecule has 0 saturated carbocycles. The normalized spacial score (nSPS) is 26.3. The lowest BCUT2D eigenvalue weighted by molar-refractivity contribution is -0.138. The van der Waals surface area contributed by atoms with Gasteiger partial charge in [0, 0.05) is 2.74 Å². The zero-order valence-corrected chi connectivity index (χ0v) is 3.80. The fourth-order valence-electron chi connectivity index (χ4n) is 0.155. The lowest BCUT2D eigenvalue weighted by atomic mass is 10.3. The Morgan fingerprint density at radius 2 is 2.71 bits per heavy atom. The van der Waals surface area contributed by atoms with E-state index in [2.05, 4.69) is 0 Å². The van der Waals surface area contributed by atoms with Gasteiger partial charge in [-0.1, -0.05) is 0 Å². The third kappa shape index (κ3) is 5.43. The summed E-state index contributed by atoms with van der Waals surface area (Å²) in [5.41, 5.74) is 0. The van der Waals surface area contributed by atoms with Crippen LogP contribution in [-0.2, 0) is 4.79 Å². The van der Waals surface area contributed by atoms with Gasteiger partial charge in [0.1, 0.15) is 0 Å². The van der Waals surface area contributed by atoms with Gasteiger partial charge in [-0.25, -0.2) is 0 Å². The number of aliphatic carboxylic acids is 1. The first-order valence-corrected chi connectivity index (χ1v) is 1.65. The average molecular weight is 107 g/mol. The number of carboxylic acids is 1. The first-order valence-electron chi connectivity index (χ1n) is 3.15. The molecule has 0 rings (SSSR count). The van der Waals surface area contributed by atoms with Crippen LogP contribution in [0.15, 0.2) is 0 Å². The molecule has 7 heavy (non-hydrogen) atoms. The molecular formula is C4H8O3. The van der Waals surface area contributed by atoms with Crippen LogP contribution >= 0.6 is 0 Å². The standard InChI is InChI=1S/C4H8O3/c1-3(5)2-4(6)7/h3,5H,2H2,1H3,(H,6,7)/t3-/m1/s1/i2D2,3D. The van der Waals surface area contributed by atoms with Crippen LogP contribution in [0.4, 0.5) is 0 Å². The molecule has 0 aliphatic carbocycles. The van der Waals surface area contributed by atoms with E-state index in [0.29, 0.717) is 0 Å². The summed E-state index contributed by atoms with van der Waals surface area (Å²) in [7, 11) is 0. The molecule has 0 aliphatic heterocycles. The number of carboxylic acid groups (broad SMARTS) is 1. The first-order chi connectivity index (χ1) is 4.19. The Labute approximate surface area is 45.8 Å². The van der Waals surface area contributed by atoms with Crippen molar-refractivity contribution in [2.45, 2.75) is 19.4 Å². The summed E-state index contributed by atoms with van der Waals surface area (Å²) in [4.78, 5) is 10.0. The van der Waals surface area contributed by atoms with E-state index in [1.807, 2.05) is 0 Å². The number of rotatable bonds is 2. The highest BCUT2D eigenvalue weighted by Gasteiger charge is 2.00. The van der Waals surface area contributed by atoms with Crippen LogP contribution in [0.5, 0.6) is 0 Å². The molecule has 3 nitrogen and oxygen atoms in total. The molecule has 0 aromatic rings. The summed E-state index contributed by atoms with van der Waals surface area (Å²) < 4.78 is 20.0. The van der Waals surface area contributed by atoms with Crippen molar-refractivity contribution >= 4 is 5.97 Å². The van der Waals surface area contributed by atoms with E-state index in [1.165, 1.54) is 0 Å². The summed E-state index contributed by atoms with van der Waals surface area (Å²) in [6.07, 6.45) is -5.52. The predicted molar refractivity (Wildman–Crippen MR) is 23.9 cm³/mol. The van der Waals surface area contributed by atoms with Gasteiger partial charge in [0.25, 0.3) is 0 Å². The topological polar surface area (TPSA) is 57.5 Å². The smallest absolute Gasteiger partial charge is 0.305 e. The quantitative estimate of drug-likeness (QED) is 0.515. The third-order valence-corrected chi connectivity index (χ3v) is 0.288. The molecule has 3 heteroatoms. The lowest BCUT2D eigenvalue weighted by Crippen LogP contribution is -2.07. The molecule has 0 aromatic heterocycles. The van der Waals surface area contributed by atoms with E-state index in [1.54, 1.807) is 0 Å². The Hall–Kier alpha value is -0.570. The second-order valence-corrected chi connectivity index (χ2v) is 1.02. The van der Waals surface area contributed by atoms with Gasteiger partial charge in [0.2, 0.25) is 0 Å². The molecule has 0 aromatic carbocycles. The summed E-state index contributed by atoms with van der Waals surface area (Å²) in [6.45, 7) is 0.779. The zero-order chi connectivity index (χ0) is 8.58. The molecule has 0 spiro atoms. The highest BCUT2D eigenvalue weighted by Crippen LogP contribution is 1.85. The SMILES string of the molecule is [2H]C([2H])(C(=O)O)[C@@]([2H])(C)O. The van der Waals surface area contributed by atoms with Gasteiger partial charge in [-0.2, -0.15) is 0 Å². The lowest BCUT2D eigenvalue weighted by Gasteiger charge is -1.94. The Kier molecular flexibility index (Phi) is 0.982. The van der Waals surface area contributed by atoms with Gasteiger partial charge in [-0.15, -0.1) is 0 Å². The van der Waals surface area contributed by atoms with Crippen LogP contribution in [0, 0.1) is 0 Å². The van der Waals surface area contributed by atoms with E-state index in [4.69, 9.17) is 14.3 Å². The monoisotopic (exact) mass is 107 g/mol. The zero-order valence-electron chi connectivity index (χ0n) is 6.80. The molecule has 2 N–H and O–H groups in total. The van der Waals surface area contributed by atoms with Crippen LogP contribution in [0.3, 0.4) is 0 Å². The maximum atomic E-state index is 10.0. The molecule has 0 radical (unpaired) electrons. The van der Waals surface area contributed by atoms with E-state index in [0.717, 1.165) is 6.92 Å². The third-order valence-electron chi connectivity index (χ3n) is 0.288. The van der Waals surface area contributed by atoms with Crippen LogP contribution in [0.25, 0.3) is 0 Å². The fourth-order valence-corrected chi connectivity index (χ4v) is 0.155. The number of carbonyl (C=O) groups is 1. The van der Waals surface area contributed by atoms with Crippen molar-refractivity contribution < 1.29 is 19.1 Å². The molecule has 1 atom stereocenters. The largest absolute Gasteiger partial charge is 0.481 e. The van der Waals surface area contributed by atoms with Crippen molar-refractivity contribution in [1.29, 1.82) is 0 Å². The average Bonchev–Trinajstić information content (AvgIpc) is 1.62. The van der Waals surface area contributed by atoms with Crippen molar-refractivity contribution in [3.05, 3.63) is 0 Å². The summed E-state index contributed by atoms with van der Waals surface area (Å²) >= 11 is 0. The van der Waals surface area contributed by atoms with Gasteiger partial charge in [0.15, 0.2) is 0 Å². The number of aliphatic hydroxyl groups is 1. The van der Waals surface area contributed by atoms with Gasteiger partial charge >= 0.3 is 5.97 Å². The van der Waals surface area contributed by atoms with Crippen LogP contribution in [0.1, 0.15) is 17.4 Å². The minimum atomic E-state index is -2.92. The van der Waals surface area contributed by atoms with Gasteiger partial charge in [-0.05, 0) is 6.92 Å². The Morgan fingerprint density at radius 3 is 2.71 bits per heavy atom. The summed E-state index contributed by atoms with van der Waals surface area (Å²) in [6, 6.07) is 0. The molecule has 0 amide bonds. The van der Waals surface area contributed by atoms with E-state index < -0.39 is 18.4 Å². The van der Waals surface area contributed by atoms with Crippen molar-refractivity contribution in [3.8, 4) is 0 Å². The Balaban J connectivity index is 4.57. The molecule has 42 valence electrons. The number of hydrogen-bond acceptors (Lipinski definition) is 2. The maximum absolute atomic E-state index is 10.0. The van der Waals surface area contributed by atoms with Gasteiger partial charge in [0.05, 0.1) is 13.8 Å². The fraction of sp³-hybridized carbons (Fsp3) is 0.750. The molecule has 0 heterocycles. The highest BCUT2D eigenvalue weighted by atomic mass is 16.4. The van der Waals surface area contributed by atoms with E-state index in [-0.39, 0.29) is 0 Å². The van der Waals surface area contributed by atoms with Crippen molar-refractivity contribution in [1.82, 2.24) is 0 Å². The second kappa shape index (κ2) is 2.58. The molecule has 0 unspecified atom stereocenters. The number of hydrogen-bond donors (Lipinski definition) is 2. The molecule has 0 bridgehead atoms. The molecular weight excluding hydrogens is 96.0 g/mol. The van der Waals surface area contributed by atoms with Crippen LogP contribution < -0.4 is 0 Å². The van der Waals surface area contributed by atoms with Crippen molar-refractivity contribution in [3.63, 3.8) is 0 Å². The van der Waals surface area contributed by atoms with Gasteiger partial charge < -0.3 is 10.2 Å². The molecule has 0 aliphatic rings. The highest BCUT2D eigenvalue weighted by molar-refractivity contribution is 5.67. The van der Waals surface area contributed by atoms with E-state index >= 15 is 0 Å². The first kappa shape index (κ1) is 2.67. The predicted octanol–water partition coefficient (Wildman–Crippen LogP) is -0.158. The maximum Gasteiger partial charge on any atom is 0.305 e.